The molecule has 0 spiro atoms. The normalized spacial score (nSPS) is 12.3. The van der Waals surface area contributed by atoms with Crippen molar-refractivity contribution in [1.82, 2.24) is 19.9 Å². The lowest BCUT2D eigenvalue weighted by Gasteiger charge is -2.22. The van der Waals surface area contributed by atoms with Gasteiger partial charge in [0.1, 0.15) is 11.8 Å². The van der Waals surface area contributed by atoms with Crippen LogP contribution in [0.5, 0.6) is 0 Å². The summed E-state index contributed by atoms with van der Waals surface area (Å²) in [4.78, 5) is 17.5. The van der Waals surface area contributed by atoms with Gasteiger partial charge in [-0.15, -0.1) is 0 Å². The third kappa shape index (κ3) is 2.18. The first-order valence-electron chi connectivity index (χ1n) is 5.55. The molecule has 1 unspecified atom stereocenters. The number of aromatic amines is 1. The third-order valence-corrected chi connectivity index (χ3v) is 2.60. The summed E-state index contributed by atoms with van der Waals surface area (Å²) < 4.78 is 0. The summed E-state index contributed by atoms with van der Waals surface area (Å²) in [5.41, 5.74) is 1.47. The van der Waals surface area contributed by atoms with Crippen LogP contribution in [0.1, 0.15) is 13.8 Å². The van der Waals surface area contributed by atoms with E-state index in [1.807, 2.05) is 13.8 Å². The molecule has 2 rings (SSSR count). The van der Waals surface area contributed by atoms with Crippen LogP contribution in [0.25, 0.3) is 11.2 Å². The predicted molar refractivity (Wildman–Crippen MR) is 64.3 cm³/mol. The highest BCUT2D eigenvalue weighted by atomic mass is 15.2. The van der Waals surface area contributed by atoms with Crippen molar-refractivity contribution in [3.8, 4) is 6.07 Å². The summed E-state index contributed by atoms with van der Waals surface area (Å²) >= 11 is 0. The zero-order valence-electron chi connectivity index (χ0n) is 9.88. The highest BCUT2D eigenvalue weighted by molar-refractivity contribution is 5.82. The lowest BCUT2D eigenvalue weighted by Crippen LogP contribution is -2.28. The summed E-state index contributed by atoms with van der Waals surface area (Å²) in [6.07, 6.45) is 3.10. The van der Waals surface area contributed by atoms with Gasteiger partial charge in [0.05, 0.1) is 18.3 Å². The fourth-order valence-electron chi connectivity index (χ4n) is 1.73. The number of anilines is 1. The first kappa shape index (κ1) is 11.3. The van der Waals surface area contributed by atoms with E-state index in [0.29, 0.717) is 12.2 Å². The lowest BCUT2D eigenvalue weighted by atomic mass is 10.2. The Kier molecular flexibility index (Phi) is 3.19. The average Bonchev–Trinajstić information content (AvgIpc) is 2.83. The molecule has 0 saturated heterocycles. The first-order chi connectivity index (χ1) is 8.26. The molecule has 2 aromatic rings. The molecule has 2 heterocycles. The Morgan fingerprint density at radius 1 is 1.47 bits per heavy atom. The van der Waals surface area contributed by atoms with Gasteiger partial charge in [0, 0.05) is 13.1 Å². The maximum absolute atomic E-state index is 8.87. The van der Waals surface area contributed by atoms with Gasteiger partial charge in [0.25, 0.3) is 0 Å². The highest BCUT2D eigenvalue weighted by Gasteiger charge is 2.14. The molecule has 0 fully saturated rings. The largest absolute Gasteiger partial charge is 0.354 e. The minimum absolute atomic E-state index is 0.0390. The van der Waals surface area contributed by atoms with Gasteiger partial charge in [-0.05, 0) is 13.8 Å². The molecular weight excluding hydrogens is 216 g/mol. The van der Waals surface area contributed by atoms with Crippen LogP contribution < -0.4 is 4.90 Å². The van der Waals surface area contributed by atoms with Crippen molar-refractivity contribution >= 4 is 17.0 Å². The Hall–Kier alpha value is -2.16. The number of fused-ring (bicyclic) bond motifs is 1. The predicted octanol–water partition coefficient (Wildman–Crippen LogP) is 1.34. The van der Waals surface area contributed by atoms with E-state index in [1.165, 1.54) is 6.33 Å². The fraction of sp³-hybridized carbons (Fsp3) is 0.455. The molecule has 1 N–H and O–H groups in total. The number of hydrogen-bond acceptors (Lipinski definition) is 5. The third-order valence-electron chi connectivity index (χ3n) is 2.60. The number of nitrogens with zero attached hydrogens (tertiary/aromatic N) is 5. The van der Waals surface area contributed by atoms with Gasteiger partial charge in [-0.3, -0.25) is 0 Å². The second-order valence-corrected chi connectivity index (χ2v) is 3.87. The minimum Gasteiger partial charge on any atom is -0.354 e. The molecule has 17 heavy (non-hydrogen) atoms. The van der Waals surface area contributed by atoms with Crippen LogP contribution in [0, 0.1) is 17.2 Å². The molecule has 1 atom stereocenters. The first-order valence-corrected chi connectivity index (χ1v) is 5.55. The van der Waals surface area contributed by atoms with Crippen molar-refractivity contribution in [3.63, 3.8) is 0 Å². The Bertz CT molecular complexity index is 540. The number of nitriles is 1. The Morgan fingerprint density at radius 3 is 3.00 bits per heavy atom. The molecule has 0 aliphatic carbocycles. The van der Waals surface area contributed by atoms with Crippen LogP contribution in [0.2, 0.25) is 0 Å². The van der Waals surface area contributed by atoms with E-state index in [9.17, 15) is 0 Å². The van der Waals surface area contributed by atoms with Crippen molar-refractivity contribution in [2.45, 2.75) is 13.8 Å². The Balaban J connectivity index is 2.36. The Morgan fingerprint density at radius 2 is 2.29 bits per heavy atom. The SMILES string of the molecule is CCN(CC(C)C#N)c1ncnc2nc[nH]c12. The lowest BCUT2D eigenvalue weighted by molar-refractivity contribution is 0.680. The molecule has 0 saturated carbocycles. The summed E-state index contributed by atoms with van der Waals surface area (Å²) in [7, 11) is 0. The van der Waals surface area contributed by atoms with Crippen LogP contribution in [-0.2, 0) is 0 Å². The molecule has 6 heteroatoms. The molecule has 0 amide bonds. The summed E-state index contributed by atoms with van der Waals surface area (Å²) in [5.74, 6) is 0.764. The summed E-state index contributed by atoms with van der Waals surface area (Å²) in [6.45, 7) is 5.37. The second kappa shape index (κ2) is 4.78. The second-order valence-electron chi connectivity index (χ2n) is 3.87. The van der Waals surface area contributed by atoms with E-state index in [1.54, 1.807) is 6.33 Å². The van der Waals surface area contributed by atoms with E-state index in [4.69, 9.17) is 5.26 Å². The van der Waals surface area contributed by atoms with Crippen LogP contribution in [0.3, 0.4) is 0 Å². The van der Waals surface area contributed by atoms with Gasteiger partial charge >= 0.3 is 0 Å². The number of rotatable bonds is 4. The van der Waals surface area contributed by atoms with Crippen molar-refractivity contribution in [1.29, 1.82) is 5.26 Å². The maximum Gasteiger partial charge on any atom is 0.182 e. The quantitative estimate of drug-likeness (QED) is 0.857. The van der Waals surface area contributed by atoms with Crippen molar-refractivity contribution in [3.05, 3.63) is 12.7 Å². The molecule has 88 valence electrons. The zero-order chi connectivity index (χ0) is 12.3. The summed E-state index contributed by atoms with van der Waals surface area (Å²) in [5, 5.41) is 8.87. The van der Waals surface area contributed by atoms with Crippen molar-refractivity contribution < 1.29 is 0 Å². The molecule has 0 bridgehead atoms. The monoisotopic (exact) mass is 230 g/mol. The van der Waals surface area contributed by atoms with E-state index >= 15 is 0 Å². The smallest absolute Gasteiger partial charge is 0.182 e. The van der Waals surface area contributed by atoms with E-state index < -0.39 is 0 Å². The molecule has 0 aliphatic heterocycles. The molecule has 0 aromatic carbocycles. The average molecular weight is 230 g/mol. The number of nitrogens with one attached hydrogen (secondary N) is 1. The van der Waals surface area contributed by atoms with Gasteiger partial charge in [-0.25, -0.2) is 15.0 Å². The van der Waals surface area contributed by atoms with Crippen LogP contribution in [0.4, 0.5) is 5.82 Å². The molecule has 0 radical (unpaired) electrons. The number of aromatic nitrogens is 4. The van der Waals surface area contributed by atoms with Crippen LogP contribution in [-0.4, -0.2) is 33.0 Å². The molecule has 0 aliphatic rings. The van der Waals surface area contributed by atoms with Gasteiger partial charge in [-0.1, -0.05) is 0 Å². The molecule has 2 aromatic heterocycles. The zero-order valence-corrected chi connectivity index (χ0v) is 9.88. The number of H-pyrrole nitrogens is 1. The number of hydrogen-bond donors (Lipinski definition) is 1. The van der Waals surface area contributed by atoms with E-state index in [0.717, 1.165) is 17.9 Å². The van der Waals surface area contributed by atoms with Gasteiger partial charge in [0.2, 0.25) is 0 Å². The van der Waals surface area contributed by atoms with Crippen molar-refractivity contribution in [2.24, 2.45) is 5.92 Å². The van der Waals surface area contributed by atoms with Gasteiger partial charge in [-0.2, -0.15) is 5.26 Å². The van der Waals surface area contributed by atoms with Gasteiger partial charge < -0.3 is 9.88 Å². The summed E-state index contributed by atoms with van der Waals surface area (Å²) in [6, 6.07) is 2.23. The molecule has 6 nitrogen and oxygen atoms in total. The van der Waals surface area contributed by atoms with Gasteiger partial charge in [0.15, 0.2) is 11.5 Å². The minimum atomic E-state index is -0.0390. The maximum atomic E-state index is 8.87. The number of imidazole rings is 1. The van der Waals surface area contributed by atoms with Crippen LogP contribution >= 0.6 is 0 Å². The van der Waals surface area contributed by atoms with E-state index in [-0.39, 0.29) is 5.92 Å². The van der Waals surface area contributed by atoms with Crippen LogP contribution in [0.15, 0.2) is 12.7 Å². The molecular formula is C11H14N6. The standard InChI is InChI=1S/C11H14N6/c1-3-17(5-8(2)4-12)11-9-10(14-6-13-9)15-7-16-11/h6-8H,3,5H2,1-2H3,(H,13,14,15,16). The van der Waals surface area contributed by atoms with Crippen molar-refractivity contribution in [2.75, 3.05) is 18.0 Å². The highest BCUT2D eigenvalue weighted by Crippen LogP contribution is 2.20. The topological polar surface area (TPSA) is 81.5 Å². The fourth-order valence-corrected chi connectivity index (χ4v) is 1.73. The Labute approximate surface area is 99.3 Å². The van der Waals surface area contributed by atoms with E-state index in [2.05, 4.69) is 30.9 Å².